The number of imidazole rings is 1. The van der Waals surface area contributed by atoms with Gasteiger partial charge >= 0.3 is 0 Å². The molecule has 2 aromatic heterocycles. The van der Waals surface area contributed by atoms with Gasteiger partial charge in [0.05, 0.1) is 18.1 Å². The maximum atomic E-state index is 4.10. The fraction of sp³-hybridized carbons (Fsp3) is 0.125. The fourth-order valence-corrected chi connectivity index (χ4v) is 1.07. The van der Waals surface area contributed by atoms with E-state index in [1.54, 1.807) is 18.6 Å². The standard InChI is InChI=1S/C8H8N4/c1-7-11-2-3-12(7)8-4-9-6-10-5-8/h2-6H,1H3. The van der Waals surface area contributed by atoms with Crippen molar-refractivity contribution in [2.24, 2.45) is 0 Å². The highest BCUT2D eigenvalue weighted by Gasteiger charge is 1.98. The van der Waals surface area contributed by atoms with Crippen LogP contribution in [0.4, 0.5) is 0 Å². The summed E-state index contributed by atoms with van der Waals surface area (Å²) in [5.74, 6) is 0.935. The minimum absolute atomic E-state index is 0.935. The molecule has 0 amide bonds. The molecule has 0 aliphatic carbocycles. The summed E-state index contributed by atoms with van der Waals surface area (Å²) in [6.45, 7) is 1.94. The van der Waals surface area contributed by atoms with Crippen molar-refractivity contribution < 1.29 is 0 Å². The maximum Gasteiger partial charge on any atom is 0.115 e. The highest BCUT2D eigenvalue weighted by atomic mass is 15.1. The summed E-state index contributed by atoms with van der Waals surface area (Å²) in [4.78, 5) is 11.9. The first kappa shape index (κ1) is 6.97. The summed E-state index contributed by atoms with van der Waals surface area (Å²) in [6.07, 6.45) is 8.65. The van der Waals surface area contributed by atoms with E-state index in [1.807, 2.05) is 17.7 Å². The van der Waals surface area contributed by atoms with Gasteiger partial charge in [-0.3, -0.25) is 0 Å². The molecule has 0 unspecified atom stereocenters. The molecule has 4 heteroatoms. The van der Waals surface area contributed by atoms with Gasteiger partial charge in [0.15, 0.2) is 0 Å². The first-order valence-electron chi connectivity index (χ1n) is 3.63. The summed E-state index contributed by atoms with van der Waals surface area (Å²) in [7, 11) is 0. The van der Waals surface area contributed by atoms with Crippen molar-refractivity contribution >= 4 is 0 Å². The van der Waals surface area contributed by atoms with Crippen LogP contribution in [0.25, 0.3) is 5.69 Å². The predicted octanol–water partition coefficient (Wildman–Crippen LogP) is 0.971. The highest BCUT2D eigenvalue weighted by Crippen LogP contribution is 2.05. The molecule has 0 fully saturated rings. The van der Waals surface area contributed by atoms with E-state index in [9.17, 15) is 0 Å². The van der Waals surface area contributed by atoms with E-state index >= 15 is 0 Å². The van der Waals surface area contributed by atoms with Crippen LogP contribution >= 0.6 is 0 Å². The van der Waals surface area contributed by atoms with E-state index in [0.29, 0.717) is 0 Å². The van der Waals surface area contributed by atoms with Crippen molar-refractivity contribution in [2.45, 2.75) is 6.92 Å². The SMILES string of the molecule is Cc1nccn1-c1cncnc1. The van der Waals surface area contributed by atoms with Gasteiger partial charge in [-0.25, -0.2) is 15.0 Å². The van der Waals surface area contributed by atoms with Gasteiger partial charge in [-0.15, -0.1) is 0 Å². The molecule has 12 heavy (non-hydrogen) atoms. The molecule has 0 bridgehead atoms. The second-order valence-corrected chi connectivity index (χ2v) is 2.44. The van der Waals surface area contributed by atoms with Gasteiger partial charge in [-0.2, -0.15) is 0 Å². The molecule has 0 saturated carbocycles. The van der Waals surface area contributed by atoms with Crippen molar-refractivity contribution in [2.75, 3.05) is 0 Å². The molecule has 0 atom stereocenters. The second-order valence-electron chi connectivity index (χ2n) is 2.44. The smallest absolute Gasteiger partial charge is 0.115 e. The highest BCUT2D eigenvalue weighted by molar-refractivity contribution is 5.25. The molecule has 0 radical (unpaired) electrons. The molecular formula is C8H8N4. The Morgan fingerprint density at radius 2 is 2.00 bits per heavy atom. The van der Waals surface area contributed by atoms with Crippen molar-refractivity contribution in [3.05, 3.63) is 36.9 Å². The average Bonchev–Trinajstić information content (AvgIpc) is 2.53. The topological polar surface area (TPSA) is 43.6 Å². The summed E-state index contributed by atoms with van der Waals surface area (Å²) in [5.41, 5.74) is 0.938. The lowest BCUT2D eigenvalue weighted by molar-refractivity contribution is 0.948. The van der Waals surface area contributed by atoms with Crippen LogP contribution in [0.3, 0.4) is 0 Å². The van der Waals surface area contributed by atoms with Crippen LogP contribution in [-0.2, 0) is 0 Å². The third-order valence-electron chi connectivity index (χ3n) is 1.65. The van der Waals surface area contributed by atoms with Crippen molar-refractivity contribution in [1.29, 1.82) is 0 Å². The Balaban J connectivity index is 2.51. The molecule has 0 aliphatic heterocycles. The number of nitrogens with zero attached hydrogens (tertiary/aromatic N) is 4. The molecule has 2 rings (SSSR count). The second kappa shape index (κ2) is 2.73. The fourth-order valence-electron chi connectivity index (χ4n) is 1.07. The number of rotatable bonds is 1. The minimum atomic E-state index is 0.935. The van der Waals surface area contributed by atoms with Gasteiger partial charge < -0.3 is 4.57 Å². The Labute approximate surface area is 69.9 Å². The lowest BCUT2D eigenvalue weighted by atomic mass is 10.5. The van der Waals surface area contributed by atoms with E-state index in [0.717, 1.165) is 11.5 Å². The zero-order chi connectivity index (χ0) is 8.39. The molecule has 60 valence electrons. The molecule has 0 spiro atoms. The number of hydrogen-bond donors (Lipinski definition) is 0. The third-order valence-corrected chi connectivity index (χ3v) is 1.65. The summed E-state index contributed by atoms with van der Waals surface area (Å²) in [6, 6.07) is 0. The number of hydrogen-bond acceptors (Lipinski definition) is 3. The predicted molar refractivity (Wildman–Crippen MR) is 43.9 cm³/mol. The quantitative estimate of drug-likeness (QED) is 0.624. The first-order valence-corrected chi connectivity index (χ1v) is 3.63. The maximum absolute atomic E-state index is 4.10. The monoisotopic (exact) mass is 160 g/mol. The van der Waals surface area contributed by atoms with E-state index < -0.39 is 0 Å². The van der Waals surface area contributed by atoms with Gasteiger partial charge in [-0.1, -0.05) is 0 Å². The van der Waals surface area contributed by atoms with Gasteiger partial charge in [0.25, 0.3) is 0 Å². The van der Waals surface area contributed by atoms with Crippen LogP contribution in [0.2, 0.25) is 0 Å². The van der Waals surface area contributed by atoms with Crippen molar-refractivity contribution in [3.63, 3.8) is 0 Å². The van der Waals surface area contributed by atoms with Crippen LogP contribution in [-0.4, -0.2) is 19.5 Å². The molecule has 0 N–H and O–H groups in total. The van der Waals surface area contributed by atoms with Gasteiger partial charge in [-0.05, 0) is 6.92 Å². The Hall–Kier alpha value is -1.71. The summed E-state index contributed by atoms with van der Waals surface area (Å²) in [5, 5.41) is 0. The first-order chi connectivity index (χ1) is 5.88. The van der Waals surface area contributed by atoms with Crippen LogP contribution in [0.5, 0.6) is 0 Å². The lowest BCUT2D eigenvalue weighted by Gasteiger charge is -2.01. The largest absolute Gasteiger partial charge is 0.301 e. The minimum Gasteiger partial charge on any atom is -0.301 e. The number of aryl methyl sites for hydroxylation is 1. The Morgan fingerprint density at radius 1 is 1.25 bits per heavy atom. The summed E-state index contributed by atoms with van der Waals surface area (Å²) >= 11 is 0. The van der Waals surface area contributed by atoms with Gasteiger partial charge in [0.1, 0.15) is 12.2 Å². The molecular weight excluding hydrogens is 152 g/mol. The van der Waals surface area contributed by atoms with Crippen LogP contribution in [0.1, 0.15) is 5.82 Å². The van der Waals surface area contributed by atoms with Crippen LogP contribution in [0, 0.1) is 6.92 Å². The Morgan fingerprint density at radius 3 is 2.58 bits per heavy atom. The van der Waals surface area contributed by atoms with E-state index in [-0.39, 0.29) is 0 Å². The van der Waals surface area contributed by atoms with Crippen molar-refractivity contribution in [3.8, 4) is 5.69 Å². The average molecular weight is 160 g/mol. The normalized spacial score (nSPS) is 10.1. The van der Waals surface area contributed by atoms with E-state index in [1.165, 1.54) is 6.33 Å². The zero-order valence-corrected chi connectivity index (χ0v) is 6.68. The molecule has 2 heterocycles. The third kappa shape index (κ3) is 1.07. The Kier molecular flexibility index (Phi) is 1.59. The van der Waals surface area contributed by atoms with Gasteiger partial charge in [0, 0.05) is 12.4 Å². The van der Waals surface area contributed by atoms with E-state index in [2.05, 4.69) is 15.0 Å². The lowest BCUT2D eigenvalue weighted by Crippen LogP contribution is -1.96. The molecule has 0 saturated heterocycles. The molecule has 0 aliphatic rings. The molecule has 0 aromatic carbocycles. The summed E-state index contributed by atoms with van der Waals surface area (Å²) < 4.78 is 1.93. The van der Waals surface area contributed by atoms with Crippen molar-refractivity contribution in [1.82, 2.24) is 19.5 Å². The number of aromatic nitrogens is 4. The van der Waals surface area contributed by atoms with Crippen LogP contribution in [0.15, 0.2) is 31.1 Å². The molecule has 4 nitrogen and oxygen atoms in total. The Bertz CT molecular complexity index is 366. The van der Waals surface area contributed by atoms with Gasteiger partial charge in [0.2, 0.25) is 0 Å². The molecule has 2 aromatic rings. The zero-order valence-electron chi connectivity index (χ0n) is 6.68. The van der Waals surface area contributed by atoms with E-state index in [4.69, 9.17) is 0 Å². The van der Waals surface area contributed by atoms with Crippen LogP contribution < -0.4 is 0 Å².